The Morgan fingerprint density at radius 2 is 1.75 bits per heavy atom. The van der Waals surface area contributed by atoms with Crippen LogP contribution in [-0.2, 0) is 6.42 Å². The number of imidazole rings is 1. The van der Waals surface area contributed by atoms with Gasteiger partial charge in [-0.25, -0.2) is 4.98 Å². The molecule has 4 heteroatoms. The molecule has 20 heavy (non-hydrogen) atoms. The van der Waals surface area contributed by atoms with E-state index in [4.69, 9.17) is 9.47 Å². The van der Waals surface area contributed by atoms with Crippen LogP contribution >= 0.6 is 0 Å². The van der Waals surface area contributed by atoms with Gasteiger partial charge in [0.05, 0.1) is 19.9 Å². The first kappa shape index (κ1) is 12.5. The third-order valence-electron chi connectivity index (χ3n) is 3.28. The minimum atomic E-state index is 0.731. The van der Waals surface area contributed by atoms with Crippen LogP contribution in [0.4, 0.5) is 0 Å². The van der Waals surface area contributed by atoms with Crippen LogP contribution in [0.5, 0.6) is 11.5 Å². The van der Waals surface area contributed by atoms with Crippen LogP contribution in [0.2, 0.25) is 0 Å². The third-order valence-corrected chi connectivity index (χ3v) is 3.28. The van der Waals surface area contributed by atoms with Crippen molar-refractivity contribution >= 4 is 5.65 Å². The molecule has 1 aromatic carbocycles. The Hall–Kier alpha value is -2.49. The lowest BCUT2D eigenvalue weighted by atomic mass is 10.1. The number of fused-ring (bicyclic) bond motifs is 1. The number of pyridine rings is 1. The van der Waals surface area contributed by atoms with E-state index in [1.54, 1.807) is 14.2 Å². The Labute approximate surface area is 117 Å². The summed E-state index contributed by atoms with van der Waals surface area (Å²) in [4.78, 5) is 4.64. The highest BCUT2D eigenvalue weighted by Gasteiger charge is 2.09. The van der Waals surface area contributed by atoms with Gasteiger partial charge in [-0.3, -0.25) is 0 Å². The molecule has 0 bridgehead atoms. The van der Waals surface area contributed by atoms with E-state index in [1.165, 1.54) is 0 Å². The SMILES string of the molecule is COc1ccccc1Cc1cn2cccc(OC)c2n1. The van der Waals surface area contributed by atoms with E-state index in [2.05, 4.69) is 11.1 Å². The molecule has 0 amide bonds. The normalized spacial score (nSPS) is 10.7. The molecule has 2 heterocycles. The van der Waals surface area contributed by atoms with Gasteiger partial charge in [0.2, 0.25) is 0 Å². The molecule has 0 saturated heterocycles. The van der Waals surface area contributed by atoms with E-state index in [9.17, 15) is 0 Å². The molecule has 0 spiro atoms. The van der Waals surface area contributed by atoms with E-state index in [0.717, 1.165) is 34.8 Å². The number of benzene rings is 1. The number of rotatable bonds is 4. The van der Waals surface area contributed by atoms with Crippen molar-refractivity contribution in [3.8, 4) is 11.5 Å². The van der Waals surface area contributed by atoms with E-state index < -0.39 is 0 Å². The quantitative estimate of drug-likeness (QED) is 0.730. The fourth-order valence-corrected chi connectivity index (χ4v) is 2.33. The highest BCUT2D eigenvalue weighted by Crippen LogP contribution is 2.23. The summed E-state index contributed by atoms with van der Waals surface area (Å²) in [6.45, 7) is 0. The van der Waals surface area contributed by atoms with Crippen molar-refractivity contribution in [3.63, 3.8) is 0 Å². The Kier molecular flexibility index (Phi) is 3.29. The zero-order chi connectivity index (χ0) is 13.9. The number of aromatic nitrogens is 2. The zero-order valence-electron chi connectivity index (χ0n) is 11.5. The average molecular weight is 268 g/mol. The maximum absolute atomic E-state index is 5.38. The fraction of sp³-hybridized carbons (Fsp3) is 0.188. The number of hydrogen-bond donors (Lipinski definition) is 0. The molecule has 3 rings (SSSR count). The largest absolute Gasteiger partial charge is 0.496 e. The van der Waals surface area contributed by atoms with Gasteiger partial charge >= 0.3 is 0 Å². The molecule has 0 unspecified atom stereocenters. The highest BCUT2D eigenvalue weighted by atomic mass is 16.5. The lowest BCUT2D eigenvalue weighted by molar-refractivity contribution is 0.410. The van der Waals surface area contributed by atoms with E-state index in [1.807, 2.05) is 47.1 Å². The first-order chi connectivity index (χ1) is 9.81. The number of methoxy groups -OCH3 is 2. The first-order valence-corrected chi connectivity index (χ1v) is 6.44. The minimum absolute atomic E-state index is 0.731. The summed E-state index contributed by atoms with van der Waals surface area (Å²) in [5.74, 6) is 1.66. The van der Waals surface area contributed by atoms with E-state index in [0.29, 0.717) is 0 Å². The van der Waals surface area contributed by atoms with Gasteiger partial charge in [0.1, 0.15) is 5.75 Å². The summed E-state index contributed by atoms with van der Waals surface area (Å²) in [6, 6.07) is 11.9. The van der Waals surface area contributed by atoms with Crippen LogP contribution in [0.3, 0.4) is 0 Å². The average Bonchev–Trinajstić information content (AvgIpc) is 2.90. The lowest BCUT2D eigenvalue weighted by Crippen LogP contribution is -1.93. The van der Waals surface area contributed by atoms with Crippen LogP contribution < -0.4 is 9.47 Å². The molecule has 0 aliphatic heterocycles. The molecule has 4 nitrogen and oxygen atoms in total. The van der Waals surface area contributed by atoms with Crippen molar-refractivity contribution < 1.29 is 9.47 Å². The van der Waals surface area contributed by atoms with Gasteiger partial charge in [-0.05, 0) is 18.2 Å². The van der Waals surface area contributed by atoms with Crippen LogP contribution in [-0.4, -0.2) is 23.6 Å². The number of para-hydroxylation sites is 1. The van der Waals surface area contributed by atoms with Crippen LogP contribution in [0, 0.1) is 0 Å². The molecular formula is C16H16N2O2. The Morgan fingerprint density at radius 1 is 1.00 bits per heavy atom. The zero-order valence-corrected chi connectivity index (χ0v) is 11.5. The van der Waals surface area contributed by atoms with Crippen molar-refractivity contribution in [2.75, 3.05) is 14.2 Å². The molecular weight excluding hydrogens is 252 g/mol. The van der Waals surface area contributed by atoms with E-state index in [-0.39, 0.29) is 0 Å². The summed E-state index contributed by atoms with van der Waals surface area (Å²) < 4.78 is 12.7. The van der Waals surface area contributed by atoms with E-state index >= 15 is 0 Å². The second kappa shape index (κ2) is 5.25. The number of hydrogen-bond acceptors (Lipinski definition) is 3. The molecule has 0 radical (unpaired) electrons. The molecule has 3 aromatic rings. The molecule has 2 aromatic heterocycles. The lowest BCUT2D eigenvalue weighted by Gasteiger charge is -2.05. The highest BCUT2D eigenvalue weighted by molar-refractivity contribution is 5.54. The number of nitrogens with zero attached hydrogens (tertiary/aromatic N) is 2. The molecule has 0 aliphatic rings. The molecule has 0 N–H and O–H groups in total. The van der Waals surface area contributed by atoms with Gasteiger partial charge in [-0.1, -0.05) is 18.2 Å². The van der Waals surface area contributed by atoms with Crippen molar-refractivity contribution in [1.82, 2.24) is 9.38 Å². The maximum Gasteiger partial charge on any atom is 0.179 e. The Morgan fingerprint density at radius 3 is 2.55 bits per heavy atom. The standard InChI is InChI=1S/C16H16N2O2/c1-19-14-7-4-3-6-12(14)10-13-11-18-9-5-8-15(20-2)16(18)17-13/h3-9,11H,10H2,1-2H3. The van der Waals surface area contributed by atoms with Gasteiger partial charge in [0.25, 0.3) is 0 Å². The Bertz CT molecular complexity index is 734. The molecule has 102 valence electrons. The fourth-order valence-electron chi connectivity index (χ4n) is 2.33. The van der Waals surface area contributed by atoms with Gasteiger partial charge < -0.3 is 13.9 Å². The maximum atomic E-state index is 5.38. The topological polar surface area (TPSA) is 35.8 Å². The summed E-state index contributed by atoms with van der Waals surface area (Å²) in [7, 11) is 3.34. The molecule has 0 atom stereocenters. The second-order valence-electron chi connectivity index (χ2n) is 4.53. The van der Waals surface area contributed by atoms with Gasteiger partial charge in [0.15, 0.2) is 11.4 Å². The minimum Gasteiger partial charge on any atom is -0.496 e. The number of ether oxygens (including phenoxy) is 2. The smallest absolute Gasteiger partial charge is 0.179 e. The van der Waals surface area contributed by atoms with Crippen LogP contribution in [0.15, 0.2) is 48.8 Å². The van der Waals surface area contributed by atoms with Crippen LogP contribution in [0.25, 0.3) is 5.65 Å². The van der Waals surface area contributed by atoms with Crippen molar-refractivity contribution in [2.24, 2.45) is 0 Å². The monoisotopic (exact) mass is 268 g/mol. The summed E-state index contributed by atoms with van der Waals surface area (Å²) >= 11 is 0. The van der Waals surface area contributed by atoms with Gasteiger partial charge in [-0.2, -0.15) is 0 Å². The predicted octanol–water partition coefficient (Wildman–Crippen LogP) is 2.94. The summed E-state index contributed by atoms with van der Waals surface area (Å²) in [5, 5.41) is 0. The van der Waals surface area contributed by atoms with Crippen molar-refractivity contribution in [3.05, 3.63) is 60.0 Å². The summed E-state index contributed by atoms with van der Waals surface area (Å²) in [5.41, 5.74) is 2.94. The van der Waals surface area contributed by atoms with Crippen molar-refractivity contribution in [1.29, 1.82) is 0 Å². The predicted molar refractivity (Wildman–Crippen MR) is 77.5 cm³/mol. The third kappa shape index (κ3) is 2.20. The first-order valence-electron chi connectivity index (χ1n) is 6.44. The molecule has 0 aliphatic carbocycles. The molecule has 0 fully saturated rings. The second-order valence-corrected chi connectivity index (χ2v) is 4.53. The van der Waals surface area contributed by atoms with Gasteiger partial charge in [-0.15, -0.1) is 0 Å². The van der Waals surface area contributed by atoms with Gasteiger partial charge in [0, 0.05) is 24.4 Å². The van der Waals surface area contributed by atoms with Crippen molar-refractivity contribution in [2.45, 2.75) is 6.42 Å². The van der Waals surface area contributed by atoms with Crippen LogP contribution in [0.1, 0.15) is 11.3 Å². The molecule has 0 saturated carbocycles. The summed E-state index contributed by atoms with van der Waals surface area (Å²) in [6.07, 6.45) is 4.72. The Balaban J connectivity index is 1.99.